The van der Waals surface area contributed by atoms with Crippen molar-refractivity contribution < 1.29 is 9.59 Å². The third-order valence-electron chi connectivity index (χ3n) is 6.07. The number of nitrogens with zero attached hydrogens (tertiary/aromatic N) is 1. The van der Waals surface area contributed by atoms with Gasteiger partial charge in [0, 0.05) is 18.3 Å². The molecule has 0 radical (unpaired) electrons. The molecule has 2 aromatic rings. The van der Waals surface area contributed by atoms with Gasteiger partial charge in [-0.2, -0.15) is 0 Å². The van der Waals surface area contributed by atoms with E-state index in [0.717, 1.165) is 42.4 Å². The van der Waals surface area contributed by atoms with Crippen molar-refractivity contribution in [2.24, 2.45) is 0 Å². The average Bonchev–Trinajstić information content (AvgIpc) is 2.81. The van der Waals surface area contributed by atoms with Crippen molar-refractivity contribution in [3.8, 4) is 0 Å². The predicted octanol–water partition coefficient (Wildman–Crippen LogP) is 6.40. The molecule has 0 saturated heterocycles. The Hall–Kier alpha value is -1.69. The summed E-state index contributed by atoms with van der Waals surface area (Å²) in [7, 11) is 0. The lowest BCUT2D eigenvalue weighted by Crippen LogP contribution is -2.50. The normalized spacial score (nSPS) is 15.2. The molecular weight excluding hydrogens is 475 g/mol. The van der Waals surface area contributed by atoms with Crippen molar-refractivity contribution in [1.29, 1.82) is 0 Å². The molecule has 4 nitrogen and oxygen atoms in total. The molecule has 0 bridgehead atoms. The third kappa shape index (κ3) is 7.94. The van der Waals surface area contributed by atoms with Gasteiger partial charge in [-0.3, -0.25) is 9.59 Å². The molecule has 33 heavy (non-hydrogen) atoms. The second-order valence-electron chi connectivity index (χ2n) is 8.77. The minimum absolute atomic E-state index is 0.0491. The monoisotopic (exact) mass is 506 g/mol. The SMILES string of the molecule is Cc1ccc(CN(C(=O)CSCc2ccc(Cl)c(Cl)c2)[C@H](C)C(=O)NC2CCCCC2)cc1. The molecule has 0 spiro atoms. The summed E-state index contributed by atoms with van der Waals surface area (Å²) >= 11 is 13.6. The number of carbonyl (C=O) groups is 2. The van der Waals surface area contributed by atoms with Crippen LogP contribution < -0.4 is 5.32 Å². The quantitative estimate of drug-likeness (QED) is 0.427. The van der Waals surface area contributed by atoms with Crippen molar-refractivity contribution in [1.82, 2.24) is 10.2 Å². The van der Waals surface area contributed by atoms with Gasteiger partial charge in [0.15, 0.2) is 0 Å². The Balaban J connectivity index is 1.65. The maximum Gasteiger partial charge on any atom is 0.242 e. The van der Waals surface area contributed by atoms with Crippen LogP contribution in [-0.4, -0.2) is 34.6 Å². The van der Waals surface area contributed by atoms with Gasteiger partial charge in [-0.1, -0.05) is 78.4 Å². The van der Waals surface area contributed by atoms with Crippen molar-refractivity contribution in [3.63, 3.8) is 0 Å². The molecule has 1 saturated carbocycles. The summed E-state index contributed by atoms with van der Waals surface area (Å²) in [5.74, 6) is 0.806. The molecule has 2 amide bonds. The molecule has 3 rings (SSSR count). The van der Waals surface area contributed by atoms with E-state index < -0.39 is 6.04 Å². The summed E-state index contributed by atoms with van der Waals surface area (Å²) < 4.78 is 0. The highest BCUT2D eigenvalue weighted by Crippen LogP contribution is 2.25. The van der Waals surface area contributed by atoms with Gasteiger partial charge < -0.3 is 10.2 Å². The van der Waals surface area contributed by atoms with E-state index in [1.807, 2.05) is 50.2 Å². The van der Waals surface area contributed by atoms with Crippen molar-refractivity contribution in [2.75, 3.05) is 5.75 Å². The van der Waals surface area contributed by atoms with E-state index in [-0.39, 0.29) is 23.6 Å². The Morgan fingerprint density at radius 2 is 1.70 bits per heavy atom. The lowest BCUT2D eigenvalue weighted by molar-refractivity contribution is -0.139. The Morgan fingerprint density at radius 1 is 1.03 bits per heavy atom. The van der Waals surface area contributed by atoms with Gasteiger partial charge in [-0.15, -0.1) is 11.8 Å². The first-order valence-electron chi connectivity index (χ1n) is 11.5. The predicted molar refractivity (Wildman–Crippen MR) is 139 cm³/mol. The molecule has 0 aliphatic heterocycles. The minimum Gasteiger partial charge on any atom is -0.352 e. The van der Waals surface area contributed by atoms with Gasteiger partial charge in [-0.05, 0) is 49.9 Å². The van der Waals surface area contributed by atoms with Gasteiger partial charge in [0.25, 0.3) is 0 Å². The lowest BCUT2D eigenvalue weighted by Gasteiger charge is -2.31. The molecule has 1 fully saturated rings. The summed E-state index contributed by atoms with van der Waals surface area (Å²) in [6.07, 6.45) is 5.57. The van der Waals surface area contributed by atoms with Crippen molar-refractivity contribution in [2.45, 2.75) is 70.3 Å². The number of rotatable bonds is 9. The topological polar surface area (TPSA) is 49.4 Å². The van der Waals surface area contributed by atoms with Gasteiger partial charge in [0.2, 0.25) is 11.8 Å². The zero-order valence-electron chi connectivity index (χ0n) is 19.3. The van der Waals surface area contributed by atoms with Gasteiger partial charge in [0.1, 0.15) is 6.04 Å². The van der Waals surface area contributed by atoms with E-state index in [1.54, 1.807) is 11.0 Å². The van der Waals surface area contributed by atoms with Gasteiger partial charge in [-0.25, -0.2) is 0 Å². The van der Waals surface area contributed by atoms with Crippen molar-refractivity contribution in [3.05, 3.63) is 69.2 Å². The standard InChI is InChI=1S/C26H32Cl2N2O2S/c1-18-8-10-20(11-9-18)15-30(19(2)26(32)29-22-6-4-3-5-7-22)25(31)17-33-16-21-12-13-23(27)24(28)14-21/h8-14,19,22H,3-7,15-17H2,1-2H3,(H,29,32)/t19-/m1/s1. The number of hydrogen-bond donors (Lipinski definition) is 1. The molecule has 1 N–H and O–H groups in total. The molecule has 1 atom stereocenters. The van der Waals surface area contributed by atoms with Crippen LogP contribution >= 0.6 is 35.0 Å². The second kappa shape index (κ2) is 12.7. The molecular formula is C26H32Cl2N2O2S. The Labute approximate surface area is 211 Å². The fourth-order valence-electron chi connectivity index (χ4n) is 4.01. The number of aryl methyl sites for hydroxylation is 1. The van der Waals surface area contributed by atoms with Crippen LogP contribution in [0.15, 0.2) is 42.5 Å². The summed E-state index contributed by atoms with van der Waals surface area (Å²) in [5, 5.41) is 4.20. The summed E-state index contributed by atoms with van der Waals surface area (Å²) in [5.41, 5.74) is 3.19. The Bertz CT molecular complexity index is 946. The van der Waals surface area contributed by atoms with Crippen LogP contribution in [0, 0.1) is 6.92 Å². The fourth-order valence-corrected chi connectivity index (χ4v) is 5.19. The van der Waals surface area contributed by atoms with Crippen LogP contribution in [0.2, 0.25) is 10.0 Å². The molecule has 0 aromatic heterocycles. The second-order valence-corrected chi connectivity index (χ2v) is 10.6. The largest absolute Gasteiger partial charge is 0.352 e. The van der Waals surface area contributed by atoms with Gasteiger partial charge in [0.05, 0.1) is 15.8 Å². The van der Waals surface area contributed by atoms with Crippen LogP contribution in [0.4, 0.5) is 0 Å². The fraction of sp³-hybridized carbons (Fsp3) is 0.462. The van der Waals surface area contributed by atoms with Crippen LogP contribution in [0.5, 0.6) is 0 Å². The highest BCUT2D eigenvalue weighted by atomic mass is 35.5. The van der Waals surface area contributed by atoms with Crippen LogP contribution in [0.25, 0.3) is 0 Å². The first-order valence-corrected chi connectivity index (χ1v) is 13.4. The number of carbonyl (C=O) groups excluding carboxylic acids is 2. The zero-order valence-corrected chi connectivity index (χ0v) is 21.6. The van der Waals surface area contributed by atoms with E-state index in [0.29, 0.717) is 22.3 Å². The number of halogens is 2. The number of benzene rings is 2. The van der Waals surface area contributed by atoms with E-state index in [2.05, 4.69) is 5.32 Å². The minimum atomic E-state index is -0.536. The number of nitrogens with one attached hydrogen (secondary N) is 1. The smallest absolute Gasteiger partial charge is 0.242 e. The van der Waals surface area contributed by atoms with Gasteiger partial charge >= 0.3 is 0 Å². The third-order valence-corrected chi connectivity index (χ3v) is 7.80. The Morgan fingerprint density at radius 3 is 2.36 bits per heavy atom. The first-order chi connectivity index (χ1) is 15.8. The molecule has 7 heteroatoms. The molecule has 1 aliphatic rings. The van der Waals surface area contributed by atoms with Crippen LogP contribution in [0.3, 0.4) is 0 Å². The highest BCUT2D eigenvalue weighted by Gasteiger charge is 2.28. The number of amides is 2. The Kier molecular flexibility index (Phi) is 9.96. The molecule has 2 aromatic carbocycles. The maximum absolute atomic E-state index is 13.2. The molecule has 0 heterocycles. The molecule has 1 aliphatic carbocycles. The maximum atomic E-state index is 13.2. The summed E-state index contributed by atoms with van der Waals surface area (Å²) in [6, 6.07) is 13.3. The zero-order chi connectivity index (χ0) is 23.8. The van der Waals surface area contributed by atoms with E-state index in [4.69, 9.17) is 23.2 Å². The number of thioether (sulfide) groups is 1. The van der Waals surface area contributed by atoms with E-state index in [1.165, 1.54) is 18.2 Å². The molecule has 178 valence electrons. The summed E-state index contributed by atoms with van der Waals surface area (Å²) in [4.78, 5) is 28.0. The highest BCUT2D eigenvalue weighted by molar-refractivity contribution is 7.99. The molecule has 0 unspecified atom stereocenters. The lowest BCUT2D eigenvalue weighted by atomic mass is 9.95. The van der Waals surface area contributed by atoms with E-state index >= 15 is 0 Å². The van der Waals surface area contributed by atoms with Crippen LogP contribution in [0.1, 0.15) is 55.7 Å². The summed E-state index contributed by atoms with van der Waals surface area (Å²) in [6.45, 7) is 4.27. The van der Waals surface area contributed by atoms with E-state index in [9.17, 15) is 9.59 Å². The van der Waals surface area contributed by atoms with Crippen LogP contribution in [-0.2, 0) is 21.9 Å². The first kappa shape index (κ1) is 25.9. The van der Waals surface area contributed by atoms with Crippen molar-refractivity contribution >= 4 is 46.8 Å². The number of hydrogen-bond acceptors (Lipinski definition) is 3. The average molecular weight is 508 g/mol.